The first-order chi connectivity index (χ1) is 7.74. The summed E-state index contributed by atoms with van der Waals surface area (Å²) in [6.07, 6.45) is -0.722. The van der Waals surface area contributed by atoms with Gasteiger partial charge in [-0.1, -0.05) is 15.9 Å². The van der Waals surface area contributed by atoms with Crippen LogP contribution >= 0.6 is 31.9 Å². The van der Waals surface area contributed by atoms with E-state index in [1.807, 2.05) is 6.92 Å². The second-order valence-electron chi connectivity index (χ2n) is 3.73. The normalized spacial score (nSPS) is 13.7. The molecule has 7 heteroatoms. The van der Waals surface area contributed by atoms with Crippen LogP contribution in [0.1, 0.15) is 12.5 Å². The molecule has 0 unspecified atom stereocenters. The van der Waals surface area contributed by atoms with Crippen molar-refractivity contribution in [1.82, 2.24) is 4.72 Å². The summed E-state index contributed by atoms with van der Waals surface area (Å²) in [5.41, 5.74) is 0.825. The van der Waals surface area contributed by atoms with Crippen LogP contribution in [-0.4, -0.2) is 26.2 Å². The van der Waals surface area contributed by atoms with Crippen molar-refractivity contribution in [1.29, 1.82) is 0 Å². The third kappa shape index (κ3) is 4.03. The van der Waals surface area contributed by atoms with Gasteiger partial charge in [-0.25, -0.2) is 13.1 Å². The number of rotatable bonds is 4. The Bertz CT molecular complexity index is 515. The topological polar surface area (TPSA) is 66.4 Å². The molecule has 0 heterocycles. The quantitative estimate of drug-likeness (QED) is 0.833. The van der Waals surface area contributed by atoms with Crippen LogP contribution < -0.4 is 4.72 Å². The fourth-order valence-corrected chi connectivity index (χ4v) is 4.04. The Labute approximate surface area is 118 Å². The smallest absolute Gasteiger partial charge is 0.241 e. The summed E-state index contributed by atoms with van der Waals surface area (Å²) in [4.78, 5) is 0.166. The average molecular weight is 387 g/mol. The molecule has 4 nitrogen and oxygen atoms in total. The van der Waals surface area contributed by atoms with E-state index in [4.69, 9.17) is 5.11 Å². The van der Waals surface area contributed by atoms with Gasteiger partial charge in [-0.15, -0.1) is 0 Å². The number of benzene rings is 1. The third-order valence-corrected chi connectivity index (χ3v) is 5.31. The van der Waals surface area contributed by atoms with Gasteiger partial charge in [0.15, 0.2) is 0 Å². The van der Waals surface area contributed by atoms with Crippen molar-refractivity contribution >= 4 is 41.9 Å². The Balaban J connectivity index is 3.11. The summed E-state index contributed by atoms with van der Waals surface area (Å²) < 4.78 is 27.6. The van der Waals surface area contributed by atoms with Crippen molar-refractivity contribution in [2.45, 2.75) is 24.8 Å². The van der Waals surface area contributed by atoms with Crippen molar-refractivity contribution in [2.75, 3.05) is 6.54 Å². The Morgan fingerprint density at radius 3 is 2.47 bits per heavy atom. The van der Waals surface area contributed by atoms with E-state index in [0.29, 0.717) is 4.47 Å². The summed E-state index contributed by atoms with van der Waals surface area (Å²) in [5, 5.41) is 9.08. The van der Waals surface area contributed by atoms with Crippen molar-refractivity contribution in [3.05, 3.63) is 26.6 Å². The highest BCUT2D eigenvalue weighted by Crippen LogP contribution is 2.28. The van der Waals surface area contributed by atoms with Crippen molar-refractivity contribution in [2.24, 2.45) is 0 Å². The predicted molar refractivity (Wildman–Crippen MR) is 73.4 cm³/mol. The first kappa shape index (κ1) is 15.1. The molecule has 0 radical (unpaired) electrons. The Morgan fingerprint density at radius 2 is 1.94 bits per heavy atom. The van der Waals surface area contributed by atoms with Crippen LogP contribution in [0.25, 0.3) is 0 Å². The maximum atomic E-state index is 12.0. The number of hydrogen-bond acceptors (Lipinski definition) is 3. The molecule has 1 aromatic rings. The molecular formula is C10H13Br2NO3S. The Kier molecular flexibility index (Phi) is 5.15. The van der Waals surface area contributed by atoms with E-state index in [1.54, 1.807) is 12.1 Å². The molecule has 0 amide bonds. The molecule has 1 aromatic carbocycles. The molecule has 0 bridgehead atoms. The van der Waals surface area contributed by atoms with Crippen molar-refractivity contribution in [3.63, 3.8) is 0 Å². The van der Waals surface area contributed by atoms with Crippen LogP contribution in [0, 0.1) is 6.92 Å². The SMILES string of the molecule is Cc1cc(S(=O)(=O)NC[C@H](C)O)c(Br)cc1Br. The molecular weight excluding hydrogens is 374 g/mol. The zero-order valence-electron chi connectivity index (χ0n) is 9.37. The van der Waals surface area contributed by atoms with Gasteiger partial charge in [0, 0.05) is 15.5 Å². The molecule has 17 heavy (non-hydrogen) atoms. The zero-order chi connectivity index (χ0) is 13.2. The van der Waals surface area contributed by atoms with E-state index in [2.05, 4.69) is 36.6 Å². The maximum absolute atomic E-state index is 12.0. The summed E-state index contributed by atoms with van der Waals surface area (Å²) in [6.45, 7) is 3.32. The molecule has 1 atom stereocenters. The second-order valence-corrected chi connectivity index (χ2v) is 7.18. The van der Waals surface area contributed by atoms with E-state index in [1.165, 1.54) is 6.92 Å². The van der Waals surface area contributed by atoms with Crippen LogP contribution in [-0.2, 0) is 10.0 Å². The van der Waals surface area contributed by atoms with Crippen molar-refractivity contribution in [3.8, 4) is 0 Å². The molecule has 0 aliphatic heterocycles. The molecule has 0 aliphatic rings. The highest BCUT2D eigenvalue weighted by Gasteiger charge is 2.19. The van der Waals surface area contributed by atoms with E-state index in [-0.39, 0.29) is 11.4 Å². The predicted octanol–water partition coefficient (Wildman–Crippen LogP) is 2.18. The molecule has 0 aliphatic carbocycles. The first-order valence-corrected chi connectivity index (χ1v) is 7.94. The van der Waals surface area contributed by atoms with Gasteiger partial charge in [-0.05, 0) is 47.5 Å². The van der Waals surface area contributed by atoms with E-state index < -0.39 is 16.1 Å². The van der Waals surface area contributed by atoms with Crippen LogP contribution in [0.15, 0.2) is 26.0 Å². The summed E-state index contributed by atoms with van der Waals surface area (Å²) in [5.74, 6) is 0. The fraction of sp³-hybridized carbons (Fsp3) is 0.400. The minimum Gasteiger partial charge on any atom is -0.392 e. The number of aliphatic hydroxyl groups is 1. The fourth-order valence-electron chi connectivity index (χ4n) is 1.14. The Morgan fingerprint density at radius 1 is 1.35 bits per heavy atom. The van der Waals surface area contributed by atoms with Gasteiger partial charge in [0.05, 0.1) is 11.0 Å². The van der Waals surface area contributed by atoms with Gasteiger partial charge in [0.25, 0.3) is 0 Å². The first-order valence-electron chi connectivity index (χ1n) is 4.87. The molecule has 0 fully saturated rings. The minimum absolute atomic E-state index is 0.0100. The van der Waals surface area contributed by atoms with Crippen LogP contribution in [0.4, 0.5) is 0 Å². The van der Waals surface area contributed by atoms with Gasteiger partial charge in [0.1, 0.15) is 0 Å². The number of halogens is 2. The summed E-state index contributed by atoms with van der Waals surface area (Å²) in [6, 6.07) is 3.25. The largest absolute Gasteiger partial charge is 0.392 e. The molecule has 1 rings (SSSR count). The molecule has 0 saturated carbocycles. The monoisotopic (exact) mass is 385 g/mol. The molecule has 96 valence electrons. The third-order valence-electron chi connectivity index (χ3n) is 2.07. The molecule has 0 saturated heterocycles. The maximum Gasteiger partial charge on any atom is 0.241 e. The zero-order valence-corrected chi connectivity index (χ0v) is 13.4. The lowest BCUT2D eigenvalue weighted by molar-refractivity contribution is 0.198. The molecule has 0 spiro atoms. The highest BCUT2D eigenvalue weighted by atomic mass is 79.9. The number of nitrogens with one attached hydrogen (secondary N) is 1. The van der Waals surface area contributed by atoms with E-state index in [0.717, 1.165) is 10.0 Å². The van der Waals surface area contributed by atoms with Gasteiger partial charge in [0.2, 0.25) is 10.0 Å². The van der Waals surface area contributed by atoms with Gasteiger partial charge in [-0.2, -0.15) is 0 Å². The van der Waals surface area contributed by atoms with E-state index in [9.17, 15) is 8.42 Å². The lowest BCUT2D eigenvalue weighted by Crippen LogP contribution is -2.30. The van der Waals surface area contributed by atoms with Gasteiger partial charge < -0.3 is 5.11 Å². The number of aliphatic hydroxyl groups excluding tert-OH is 1. The lowest BCUT2D eigenvalue weighted by Gasteiger charge is -2.11. The number of hydrogen-bond donors (Lipinski definition) is 2. The summed E-state index contributed by atoms with van der Waals surface area (Å²) >= 11 is 6.54. The number of aryl methyl sites for hydroxylation is 1. The molecule has 2 N–H and O–H groups in total. The van der Waals surface area contributed by atoms with Crippen LogP contribution in [0.5, 0.6) is 0 Å². The van der Waals surface area contributed by atoms with Gasteiger partial charge in [-0.3, -0.25) is 0 Å². The molecule has 0 aromatic heterocycles. The summed E-state index contributed by atoms with van der Waals surface area (Å²) in [7, 11) is -3.60. The second kappa shape index (κ2) is 5.79. The lowest BCUT2D eigenvalue weighted by atomic mass is 10.2. The number of sulfonamides is 1. The minimum atomic E-state index is -3.60. The van der Waals surface area contributed by atoms with E-state index >= 15 is 0 Å². The standard InChI is InChI=1S/C10H13Br2NO3S/c1-6-3-10(9(12)4-8(6)11)17(15,16)13-5-7(2)14/h3-4,7,13-14H,5H2,1-2H3/t7-/m0/s1. The van der Waals surface area contributed by atoms with Crippen LogP contribution in [0.2, 0.25) is 0 Å². The van der Waals surface area contributed by atoms with Crippen LogP contribution in [0.3, 0.4) is 0 Å². The van der Waals surface area contributed by atoms with Crippen molar-refractivity contribution < 1.29 is 13.5 Å². The van der Waals surface area contributed by atoms with Gasteiger partial charge >= 0.3 is 0 Å². The average Bonchev–Trinajstić information content (AvgIpc) is 2.20. The Hall–Kier alpha value is 0.0500. The highest BCUT2D eigenvalue weighted by molar-refractivity contribution is 9.11.